The van der Waals surface area contributed by atoms with Crippen molar-refractivity contribution in [1.82, 2.24) is 14.7 Å². The quantitative estimate of drug-likeness (QED) is 0.862. The molecule has 0 amide bonds. The molecule has 2 aromatic rings. The van der Waals surface area contributed by atoms with Crippen LogP contribution in [0.5, 0.6) is 0 Å². The second-order valence-electron chi connectivity index (χ2n) is 5.20. The van der Waals surface area contributed by atoms with Crippen molar-refractivity contribution >= 4 is 5.65 Å². The molecule has 1 aliphatic rings. The van der Waals surface area contributed by atoms with E-state index in [4.69, 9.17) is 0 Å². The minimum absolute atomic E-state index is 0.0736. The molecule has 0 aromatic carbocycles. The van der Waals surface area contributed by atoms with E-state index in [-0.39, 0.29) is 12.1 Å². The number of nitrogens with one attached hydrogen (secondary N) is 1. The van der Waals surface area contributed by atoms with Crippen molar-refractivity contribution in [3.8, 4) is 0 Å². The number of nitrogens with zero attached hydrogens (tertiary/aromatic N) is 2. The van der Waals surface area contributed by atoms with Crippen LogP contribution in [0.1, 0.15) is 31.4 Å². The van der Waals surface area contributed by atoms with Crippen LogP contribution in [0, 0.1) is 0 Å². The van der Waals surface area contributed by atoms with Crippen LogP contribution in [0.3, 0.4) is 0 Å². The zero-order chi connectivity index (χ0) is 12.4. The third-order valence-corrected chi connectivity index (χ3v) is 3.92. The summed E-state index contributed by atoms with van der Waals surface area (Å²) in [5.74, 6) is 0. The van der Waals surface area contributed by atoms with E-state index in [0.29, 0.717) is 0 Å². The van der Waals surface area contributed by atoms with E-state index in [0.717, 1.165) is 30.7 Å². The molecule has 1 aliphatic carbocycles. The first-order valence-corrected chi connectivity index (χ1v) is 6.60. The minimum Gasteiger partial charge on any atom is -0.394 e. The van der Waals surface area contributed by atoms with E-state index in [1.165, 1.54) is 12.8 Å². The lowest BCUT2D eigenvalue weighted by Gasteiger charge is -2.27. The molecule has 0 aliphatic heterocycles. The first kappa shape index (κ1) is 11.7. The molecular formula is C14H19N3O. The lowest BCUT2D eigenvalue weighted by atomic mass is 9.99. The molecule has 0 bridgehead atoms. The fourth-order valence-electron chi connectivity index (χ4n) is 2.79. The Morgan fingerprint density at radius 1 is 1.33 bits per heavy atom. The highest BCUT2D eigenvalue weighted by Crippen LogP contribution is 2.29. The van der Waals surface area contributed by atoms with Gasteiger partial charge in [-0.3, -0.25) is 0 Å². The lowest BCUT2D eigenvalue weighted by molar-refractivity contribution is 0.162. The highest BCUT2D eigenvalue weighted by atomic mass is 16.3. The molecule has 3 rings (SSSR count). The van der Waals surface area contributed by atoms with Gasteiger partial charge >= 0.3 is 0 Å². The van der Waals surface area contributed by atoms with E-state index in [1.807, 2.05) is 35.0 Å². The molecule has 2 aromatic heterocycles. The fourth-order valence-corrected chi connectivity index (χ4v) is 2.79. The highest BCUT2D eigenvalue weighted by Gasteiger charge is 2.32. The summed E-state index contributed by atoms with van der Waals surface area (Å²) in [4.78, 5) is 4.56. The van der Waals surface area contributed by atoms with E-state index >= 15 is 0 Å². The number of aliphatic hydroxyl groups is 1. The van der Waals surface area contributed by atoms with Crippen LogP contribution in [-0.2, 0) is 6.54 Å². The monoisotopic (exact) mass is 245 g/mol. The summed E-state index contributed by atoms with van der Waals surface area (Å²) in [6.07, 6.45) is 8.59. The highest BCUT2D eigenvalue weighted by molar-refractivity contribution is 5.39. The Bertz CT molecular complexity index is 496. The molecule has 1 saturated carbocycles. The smallest absolute Gasteiger partial charge is 0.137 e. The average molecular weight is 245 g/mol. The van der Waals surface area contributed by atoms with Gasteiger partial charge in [-0.15, -0.1) is 0 Å². The Morgan fingerprint density at radius 2 is 2.17 bits per heavy atom. The maximum absolute atomic E-state index is 9.55. The van der Waals surface area contributed by atoms with Gasteiger partial charge in [-0.2, -0.15) is 0 Å². The number of hydrogen-bond acceptors (Lipinski definition) is 3. The summed E-state index contributed by atoms with van der Waals surface area (Å²) in [5, 5.41) is 13.0. The lowest BCUT2D eigenvalue weighted by Crippen LogP contribution is -2.45. The molecule has 4 heteroatoms. The summed E-state index contributed by atoms with van der Waals surface area (Å²) in [5.41, 5.74) is 1.93. The molecular weight excluding hydrogens is 226 g/mol. The van der Waals surface area contributed by atoms with Crippen LogP contribution in [-0.4, -0.2) is 26.6 Å². The maximum atomic E-state index is 9.55. The molecule has 4 nitrogen and oxygen atoms in total. The summed E-state index contributed by atoms with van der Waals surface area (Å²) in [6, 6.07) is 5.99. The van der Waals surface area contributed by atoms with Crippen molar-refractivity contribution in [3.63, 3.8) is 0 Å². The van der Waals surface area contributed by atoms with Crippen molar-refractivity contribution in [2.45, 2.75) is 37.8 Å². The van der Waals surface area contributed by atoms with Crippen LogP contribution in [0.2, 0.25) is 0 Å². The van der Waals surface area contributed by atoms with Gasteiger partial charge in [-0.05, 0) is 25.0 Å². The van der Waals surface area contributed by atoms with E-state index in [1.54, 1.807) is 0 Å². The van der Waals surface area contributed by atoms with E-state index in [2.05, 4.69) is 10.3 Å². The van der Waals surface area contributed by atoms with Gasteiger partial charge < -0.3 is 14.8 Å². The Labute approximate surface area is 107 Å². The largest absolute Gasteiger partial charge is 0.394 e. The predicted molar refractivity (Wildman–Crippen MR) is 70.3 cm³/mol. The second kappa shape index (κ2) is 4.71. The topological polar surface area (TPSA) is 49.6 Å². The molecule has 0 spiro atoms. The van der Waals surface area contributed by atoms with Gasteiger partial charge in [0.1, 0.15) is 5.65 Å². The molecule has 0 unspecified atom stereocenters. The summed E-state index contributed by atoms with van der Waals surface area (Å²) >= 11 is 0. The van der Waals surface area contributed by atoms with E-state index < -0.39 is 0 Å². The molecule has 18 heavy (non-hydrogen) atoms. The SMILES string of the molecule is OCC1(NCc2cn3ccccc3n2)CCCC1. The third-order valence-electron chi connectivity index (χ3n) is 3.92. The Kier molecular flexibility index (Phi) is 3.06. The molecule has 2 N–H and O–H groups in total. The second-order valence-corrected chi connectivity index (χ2v) is 5.20. The van der Waals surface area contributed by atoms with Gasteiger partial charge in [0.05, 0.1) is 12.3 Å². The molecule has 0 atom stereocenters. The van der Waals surface area contributed by atoms with Crippen molar-refractivity contribution < 1.29 is 5.11 Å². The molecule has 1 fully saturated rings. The van der Waals surface area contributed by atoms with Crippen LogP contribution >= 0.6 is 0 Å². The van der Waals surface area contributed by atoms with Crippen molar-refractivity contribution in [1.29, 1.82) is 0 Å². The van der Waals surface area contributed by atoms with Crippen molar-refractivity contribution in [3.05, 3.63) is 36.3 Å². The molecule has 0 saturated heterocycles. The third kappa shape index (κ3) is 2.13. The number of hydrogen-bond donors (Lipinski definition) is 2. The van der Waals surface area contributed by atoms with Crippen LogP contribution in [0.15, 0.2) is 30.6 Å². The number of imidazole rings is 1. The van der Waals surface area contributed by atoms with Crippen molar-refractivity contribution in [2.24, 2.45) is 0 Å². The minimum atomic E-state index is -0.0736. The van der Waals surface area contributed by atoms with Gasteiger partial charge in [-0.25, -0.2) is 4.98 Å². The first-order chi connectivity index (χ1) is 8.81. The normalized spacial score (nSPS) is 18.5. The first-order valence-electron chi connectivity index (χ1n) is 6.60. The standard InChI is InChI=1S/C14H19N3O/c18-11-14(6-2-3-7-14)15-9-12-10-17-8-4-1-5-13(17)16-12/h1,4-5,8,10,15,18H,2-3,6-7,9,11H2. The number of rotatable bonds is 4. The van der Waals surface area contributed by atoms with Crippen LogP contribution < -0.4 is 5.32 Å². The zero-order valence-electron chi connectivity index (χ0n) is 10.5. The Hall–Kier alpha value is -1.39. The summed E-state index contributed by atoms with van der Waals surface area (Å²) in [7, 11) is 0. The van der Waals surface area contributed by atoms with Crippen LogP contribution in [0.25, 0.3) is 5.65 Å². The van der Waals surface area contributed by atoms with Gasteiger partial charge in [-0.1, -0.05) is 18.9 Å². The maximum Gasteiger partial charge on any atom is 0.137 e. The zero-order valence-corrected chi connectivity index (χ0v) is 10.5. The fraction of sp³-hybridized carbons (Fsp3) is 0.500. The number of aliphatic hydroxyl groups excluding tert-OH is 1. The molecule has 2 heterocycles. The summed E-state index contributed by atoms with van der Waals surface area (Å²) < 4.78 is 2.03. The number of pyridine rings is 1. The van der Waals surface area contributed by atoms with Gasteiger partial charge in [0, 0.05) is 24.5 Å². The molecule has 0 radical (unpaired) electrons. The Morgan fingerprint density at radius 3 is 2.89 bits per heavy atom. The Balaban J connectivity index is 1.72. The molecule has 96 valence electrons. The number of aromatic nitrogens is 2. The summed E-state index contributed by atoms with van der Waals surface area (Å²) in [6.45, 7) is 0.947. The average Bonchev–Trinajstić information content (AvgIpc) is 3.03. The van der Waals surface area contributed by atoms with Gasteiger partial charge in [0.2, 0.25) is 0 Å². The van der Waals surface area contributed by atoms with Gasteiger partial charge in [0.15, 0.2) is 0 Å². The van der Waals surface area contributed by atoms with Gasteiger partial charge in [0.25, 0.3) is 0 Å². The van der Waals surface area contributed by atoms with Crippen molar-refractivity contribution in [2.75, 3.05) is 6.61 Å². The number of fused-ring (bicyclic) bond motifs is 1. The predicted octanol–water partition coefficient (Wildman–Crippen LogP) is 1.73. The van der Waals surface area contributed by atoms with E-state index in [9.17, 15) is 5.11 Å². The van der Waals surface area contributed by atoms with Crippen LogP contribution in [0.4, 0.5) is 0 Å².